The van der Waals surface area contributed by atoms with Crippen molar-refractivity contribution in [3.63, 3.8) is 0 Å². The number of hydrogen-bond donors (Lipinski definition) is 0. The van der Waals surface area contributed by atoms with Gasteiger partial charge in [0.05, 0.1) is 5.39 Å². The zero-order valence-corrected chi connectivity index (χ0v) is 7.73. The van der Waals surface area contributed by atoms with Gasteiger partial charge in [-0.05, 0) is 11.5 Å². The van der Waals surface area contributed by atoms with Crippen molar-refractivity contribution in [3.8, 4) is 0 Å². The molecule has 1 aromatic carbocycles. The van der Waals surface area contributed by atoms with E-state index >= 15 is 0 Å². The van der Waals surface area contributed by atoms with Crippen LogP contribution in [0.15, 0.2) is 35.3 Å². The third-order valence-electron chi connectivity index (χ3n) is 2.27. The van der Waals surface area contributed by atoms with Crippen LogP contribution in [0.5, 0.6) is 0 Å². The van der Waals surface area contributed by atoms with E-state index in [2.05, 4.69) is 0 Å². The third-order valence-corrected chi connectivity index (χ3v) is 2.27. The molecule has 0 bridgehead atoms. The summed E-state index contributed by atoms with van der Waals surface area (Å²) in [5, 5.41) is 1.30. The van der Waals surface area contributed by atoms with Crippen molar-refractivity contribution in [1.82, 2.24) is 4.57 Å². The Balaban J connectivity index is 3.04. The summed E-state index contributed by atoms with van der Waals surface area (Å²) in [6, 6.07) is 7.07. The average molecular weight is 187 g/mol. The predicted molar refractivity (Wildman–Crippen MR) is 54.6 cm³/mol. The Bertz CT molecular complexity index is 555. The Kier molecular flexibility index (Phi) is 1.93. The molecule has 14 heavy (non-hydrogen) atoms. The Hall–Kier alpha value is -1.90. The maximum Gasteiger partial charge on any atom is 0.258 e. The molecule has 0 atom stereocenters. The van der Waals surface area contributed by atoms with Gasteiger partial charge in [0.25, 0.3) is 5.56 Å². The summed E-state index contributed by atoms with van der Waals surface area (Å²) in [4.78, 5) is 22.4. The number of rotatable bonds is 1. The Morgan fingerprint density at radius 3 is 2.79 bits per heavy atom. The maximum absolute atomic E-state index is 11.7. The molecular weight excluding hydrogens is 178 g/mol. The van der Waals surface area contributed by atoms with Gasteiger partial charge in [0, 0.05) is 18.8 Å². The van der Waals surface area contributed by atoms with Crippen LogP contribution < -0.4 is 5.56 Å². The smallest absolute Gasteiger partial charge is 0.258 e. The fourth-order valence-corrected chi connectivity index (χ4v) is 1.51. The van der Waals surface area contributed by atoms with Crippen LogP contribution in [0, 0.1) is 0 Å². The zero-order valence-electron chi connectivity index (χ0n) is 7.73. The summed E-state index contributed by atoms with van der Waals surface area (Å²) < 4.78 is 1.47. The lowest BCUT2D eigenvalue weighted by Gasteiger charge is -2.02. The summed E-state index contributed by atoms with van der Waals surface area (Å²) in [6.45, 7) is 0. The first-order valence-electron chi connectivity index (χ1n) is 4.27. The van der Waals surface area contributed by atoms with Gasteiger partial charge in [-0.2, -0.15) is 0 Å². The zero-order chi connectivity index (χ0) is 10.1. The second-order valence-electron chi connectivity index (χ2n) is 3.16. The van der Waals surface area contributed by atoms with Crippen LogP contribution in [0.3, 0.4) is 0 Å². The number of carbonyl (C=O) groups excluding carboxylic acids is 1. The van der Waals surface area contributed by atoms with Gasteiger partial charge in [-0.3, -0.25) is 9.59 Å². The minimum absolute atomic E-state index is 0.134. The molecule has 0 saturated carbocycles. The second kappa shape index (κ2) is 3.10. The van der Waals surface area contributed by atoms with Gasteiger partial charge in [-0.1, -0.05) is 18.2 Å². The standard InChI is InChI=1S/C11H9NO2/c1-12-6-5-8-3-2-4-9(7-13)10(8)11(12)14/h2-7H,1H3. The number of carbonyl (C=O) groups is 1. The molecule has 0 N–H and O–H groups in total. The SMILES string of the molecule is Cn1ccc2cccc(C=O)c2c1=O. The van der Waals surface area contributed by atoms with E-state index in [0.29, 0.717) is 17.2 Å². The largest absolute Gasteiger partial charge is 0.318 e. The average Bonchev–Trinajstić information content (AvgIpc) is 2.23. The lowest BCUT2D eigenvalue weighted by molar-refractivity contribution is 0.112. The van der Waals surface area contributed by atoms with Crippen LogP contribution in [0.1, 0.15) is 10.4 Å². The van der Waals surface area contributed by atoms with Crippen LogP contribution in [0.4, 0.5) is 0 Å². The van der Waals surface area contributed by atoms with Gasteiger partial charge in [-0.15, -0.1) is 0 Å². The summed E-state index contributed by atoms with van der Waals surface area (Å²) in [6.07, 6.45) is 2.41. The molecular formula is C11H9NO2. The molecule has 3 nitrogen and oxygen atoms in total. The van der Waals surface area contributed by atoms with Crippen molar-refractivity contribution in [1.29, 1.82) is 0 Å². The summed E-state index contributed by atoms with van der Waals surface area (Å²) >= 11 is 0. The molecule has 0 spiro atoms. The number of aromatic nitrogens is 1. The molecule has 1 heterocycles. The highest BCUT2D eigenvalue weighted by molar-refractivity contribution is 5.97. The first-order chi connectivity index (χ1) is 6.74. The van der Waals surface area contributed by atoms with Crippen LogP contribution in [-0.4, -0.2) is 10.9 Å². The molecule has 70 valence electrons. The summed E-state index contributed by atoms with van der Waals surface area (Å²) in [5.74, 6) is 0. The van der Waals surface area contributed by atoms with Crippen molar-refractivity contribution in [2.75, 3.05) is 0 Å². The van der Waals surface area contributed by atoms with E-state index in [4.69, 9.17) is 0 Å². The van der Waals surface area contributed by atoms with E-state index < -0.39 is 0 Å². The first kappa shape index (κ1) is 8.69. The molecule has 0 saturated heterocycles. The minimum atomic E-state index is -0.134. The second-order valence-corrected chi connectivity index (χ2v) is 3.16. The molecule has 0 aliphatic heterocycles. The fourth-order valence-electron chi connectivity index (χ4n) is 1.51. The molecule has 0 unspecified atom stereocenters. The van der Waals surface area contributed by atoms with Crippen molar-refractivity contribution in [3.05, 3.63) is 46.4 Å². The number of fused-ring (bicyclic) bond motifs is 1. The number of benzene rings is 1. The number of aryl methyl sites for hydroxylation is 1. The summed E-state index contributed by atoms with van der Waals surface area (Å²) in [7, 11) is 1.67. The van der Waals surface area contributed by atoms with E-state index in [1.54, 1.807) is 25.4 Å². The molecule has 1 aromatic heterocycles. The van der Waals surface area contributed by atoms with Gasteiger partial charge in [0.1, 0.15) is 0 Å². The fraction of sp³-hybridized carbons (Fsp3) is 0.0909. The maximum atomic E-state index is 11.7. The lowest BCUT2D eigenvalue weighted by atomic mass is 10.1. The van der Waals surface area contributed by atoms with Gasteiger partial charge >= 0.3 is 0 Å². The van der Waals surface area contributed by atoms with Crippen LogP contribution in [-0.2, 0) is 7.05 Å². The van der Waals surface area contributed by atoms with Crippen LogP contribution in [0.2, 0.25) is 0 Å². The van der Waals surface area contributed by atoms with Crippen molar-refractivity contribution < 1.29 is 4.79 Å². The van der Waals surface area contributed by atoms with Crippen molar-refractivity contribution >= 4 is 17.1 Å². The lowest BCUT2D eigenvalue weighted by Crippen LogP contribution is -2.16. The van der Waals surface area contributed by atoms with Crippen LogP contribution >= 0.6 is 0 Å². The predicted octanol–water partition coefficient (Wildman–Crippen LogP) is 1.35. The highest BCUT2D eigenvalue weighted by atomic mass is 16.1. The molecule has 2 rings (SSSR count). The van der Waals surface area contributed by atoms with E-state index in [0.717, 1.165) is 5.39 Å². The van der Waals surface area contributed by atoms with E-state index in [1.807, 2.05) is 12.1 Å². The number of aldehydes is 1. The number of nitrogens with zero attached hydrogens (tertiary/aromatic N) is 1. The molecule has 3 heteroatoms. The summed E-state index contributed by atoms with van der Waals surface area (Å²) in [5.41, 5.74) is 0.314. The van der Waals surface area contributed by atoms with Gasteiger partial charge in [0.15, 0.2) is 6.29 Å². The quantitative estimate of drug-likeness (QED) is 0.632. The van der Waals surface area contributed by atoms with E-state index in [9.17, 15) is 9.59 Å². The van der Waals surface area contributed by atoms with Crippen molar-refractivity contribution in [2.24, 2.45) is 7.05 Å². The topological polar surface area (TPSA) is 39.1 Å². The van der Waals surface area contributed by atoms with E-state index in [1.165, 1.54) is 4.57 Å². The normalized spacial score (nSPS) is 10.4. The first-order valence-corrected chi connectivity index (χ1v) is 4.27. The van der Waals surface area contributed by atoms with Gasteiger partial charge in [-0.25, -0.2) is 0 Å². The Labute approximate surface area is 80.6 Å². The number of pyridine rings is 1. The monoisotopic (exact) mass is 187 g/mol. The van der Waals surface area contributed by atoms with Gasteiger partial charge < -0.3 is 4.57 Å². The third kappa shape index (κ3) is 1.14. The van der Waals surface area contributed by atoms with Gasteiger partial charge in [0.2, 0.25) is 0 Å². The molecule has 2 aromatic rings. The number of hydrogen-bond acceptors (Lipinski definition) is 2. The highest BCUT2D eigenvalue weighted by Crippen LogP contribution is 2.12. The highest BCUT2D eigenvalue weighted by Gasteiger charge is 2.04. The van der Waals surface area contributed by atoms with Crippen molar-refractivity contribution in [2.45, 2.75) is 0 Å². The molecule has 0 amide bonds. The molecule has 0 radical (unpaired) electrons. The Morgan fingerprint density at radius 1 is 1.29 bits per heavy atom. The molecule has 0 aliphatic carbocycles. The molecule has 0 aliphatic rings. The van der Waals surface area contributed by atoms with E-state index in [-0.39, 0.29) is 5.56 Å². The van der Waals surface area contributed by atoms with Crippen LogP contribution in [0.25, 0.3) is 10.8 Å². The minimum Gasteiger partial charge on any atom is -0.318 e. The Morgan fingerprint density at radius 2 is 2.07 bits per heavy atom. The molecule has 0 fully saturated rings.